The average Bonchev–Trinajstić information content (AvgIpc) is 2.10. The van der Waals surface area contributed by atoms with Gasteiger partial charge in [-0.2, -0.15) is 4.98 Å². The molecule has 15 heavy (non-hydrogen) atoms. The smallest absolute Gasteiger partial charge is 0.221 e. The lowest BCUT2D eigenvalue weighted by Crippen LogP contribution is -2.32. The van der Waals surface area contributed by atoms with Crippen LogP contribution in [0.2, 0.25) is 0 Å². The number of hydrogen-bond donors (Lipinski definition) is 3. The van der Waals surface area contributed by atoms with E-state index in [1.165, 1.54) is 0 Å². The molecule has 1 aromatic heterocycles. The number of nitrogens with two attached hydrogens (primary N) is 1. The quantitative estimate of drug-likeness (QED) is 0.688. The Hall–Kier alpha value is -1.36. The van der Waals surface area contributed by atoms with Crippen LogP contribution in [0.3, 0.4) is 0 Å². The van der Waals surface area contributed by atoms with Crippen molar-refractivity contribution < 1.29 is 5.11 Å². The summed E-state index contributed by atoms with van der Waals surface area (Å²) < 4.78 is 0. The first-order valence-electron chi connectivity index (χ1n) is 4.93. The van der Waals surface area contributed by atoms with Gasteiger partial charge in [0.05, 0.1) is 0 Å². The Bertz CT molecular complexity index is 338. The van der Waals surface area contributed by atoms with Crippen molar-refractivity contribution in [2.45, 2.75) is 32.7 Å². The molecular weight excluding hydrogens is 192 g/mol. The van der Waals surface area contributed by atoms with Crippen LogP contribution in [-0.4, -0.2) is 27.2 Å². The van der Waals surface area contributed by atoms with Crippen LogP contribution in [0.1, 0.15) is 25.8 Å². The van der Waals surface area contributed by atoms with E-state index in [9.17, 15) is 0 Å². The topological polar surface area (TPSA) is 84.1 Å². The van der Waals surface area contributed by atoms with E-state index in [2.05, 4.69) is 15.3 Å². The normalized spacial score (nSPS) is 11.5. The molecule has 0 radical (unpaired) electrons. The first-order valence-corrected chi connectivity index (χ1v) is 4.93. The zero-order valence-electron chi connectivity index (χ0n) is 9.41. The minimum atomic E-state index is -0.208. The fourth-order valence-electron chi connectivity index (χ4n) is 1.24. The van der Waals surface area contributed by atoms with E-state index < -0.39 is 0 Å². The molecule has 5 heteroatoms. The van der Waals surface area contributed by atoms with E-state index in [1.807, 2.05) is 20.8 Å². The fourth-order valence-corrected chi connectivity index (χ4v) is 1.24. The van der Waals surface area contributed by atoms with E-state index in [0.717, 1.165) is 11.4 Å². The van der Waals surface area contributed by atoms with Gasteiger partial charge in [-0.05, 0) is 27.2 Å². The lowest BCUT2D eigenvalue weighted by atomic mass is 10.0. The summed E-state index contributed by atoms with van der Waals surface area (Å²) in [6, 6.07) is 0. The van der Waals surface area contributed by atoms with E-state index in [4.69, 9.17) is 10.8 Å². The van der Waals surface area contributed by atoms with Crippen molar-refractivity contribution >= 4 is 11.8 Å². The van der Waals surface area contributed by atoms with E-state index in [0.29, 0.717) is 6.42 Å². The maximum atomic E-state index is 8.91. The summed E-state index contributed by atoms with van der Waals surface area (Å²) in [6.07, 6.45) is 2.33. The van der Waals surface area contributed by atoms with E-state index in [1.54, 1.807) is 6.20 Å². The molecule has 0 amide bonds. The molecule has 0 saturated heterocycles. The molecule has 1 rings (SSSR count). The number of nitrogens with zero attached hydrogens (tertiary/aromatic N) is 2. The Morgan fingerprint density at radius 3 is 2.80 bits per heavy atom. The van der Waals surface area contributed by atoms with Crippen molar-refractivity contribution in [3.8, 4) is 0 Å². The highest BCUT2D eigenvalue weighted by Gasteiger charge is 2.18. The highest BCUT2D eigenvalue weighted by molar-refractivity contribution is 5.46. The van der Waals surface area contributed by atoms with Crippen LogP contribution in [0.25, 0.3) is 0 Å². The van der Waals surface area contributed by atoms with Gasteiger partial charge in [-0.3, -0.25) is 0 Å². The van der Waals surface area contributed by atoms with Gasteiger partial charge in [-0.25, -0.2) is 4.98 Å². The van der Waals surface area contributed by atoms with Gasteiger partial charge in [-0.1, -0.05) is 0 Å². The summed E-state index contributed by atoms with van der Waals surface area (Å²) >= 11 is 0. The van der Waals surface area contributed by atoms with Crippen molar-refractivity contribution in [1.82, 2.24) is 9.97 Å². The third-order valence-corrected chi connectivity index (χ3v) is 2.18. The predicted octanol–water partition coefficient (Wildman–Crippen LogP) is 0.940. The molecule has 5 nitrogen and oxygen atoms in total. The van der Waals surface area contributed by atoms with Crippen molar-refractivity contribution in [2.24, 2.45) is 0 Å². The Balaban J connectivity index is 2.83. The summed E-state index contributed by atoms with van der Waals surface area (Å²) in [7, 11) is 0. The van der Waals surface area contributed by atoms with Crippen molar-refractivity contribution in [1.29, 1.82) is 0 Å². The maximum Gasteiger partial charge on any atom is 0.221 e. The number of aliphatic hydroxyl groups excluding tert-OH is 1. The summed E-state index contributed by atoms with van der Waals surface area (Å²) in [5.41, 5.74) is 6.24. The molecule has 0 fully saturated rings. The number of aryl methyl sites for hydroxylation is 1. The highest BCUT2D eigenvalue weighted by Crippen LogP contribution is 2.19. The van der Waals surface area contributed by atoms with Gasteiger partial charge in [0.1, 0.15) is 5.82 Å². The summed E-state index contributed by atoms with van der Waals surface area (Å²) in [4.78, 5) is 8.01. The number of aliphatic hydroxyl groups is 1. The van der Waals surface area contributed by atoms with Gasteiger partial charge >= 0.3 is 0 Å². The number of nitrogens with one attached hydrogen (secondary N) is 1. The molecule has 0 unspecified atom stereocenters. The molecule has 0 aliphatic heterocycles. The van der Waals surface area contributed by atoms with Gasteiger partial charge < -0.3 is 16.2 Å². The molecule has 1 heterocycles. The number of nitrogen functional groups attached to an aromatic ring is 1. The standard InChI is InChI=1S/C10H18N4O/c1-7-6-12-9(11)13-8(7)14-10(2,3)4-5-15/h6,15H,4-5H2,1-3H3,(H3,11,12,13,14). The first-order chi connectivity index (χ1) is 6.94. The number of anilines is 2. The van der Waals surface area contributed by atoms with Gasteiger partial charge in [0, 0.05) is 23.9 Å². The summed E-state index contributed by atoms with van der Waals surface area (Å²) in [5.74, 6) is 0.976. The lowest BCUT2D eigenvalue weighted by Gasteiger charge is -2.26. The monoisotopic (exact) mass is 210 g/mol. The number of rotatable bonds is 4. The third-order valence-electron chi connectivity index (χ3n) is 2.18. The van der Waals surface area contributed by atoms with Gasteiger partial charge in [0.15, 0.2) is 0 Å². The second-order valence-electron chi connectivity index (χ2n) is 4.24. The summed E-state index contributed by atoms with van der Waals surface area (Å²) in [6.45, 7) is 6.05. The van der Waals surface area contributed by atoms with Crippen LogP contribution in [-0.2, 0) is 0 Å². The van der Waals surface area contributed by atoms with Crippen LogP contribution >= 0.6 is 0 Å². The lowest BCUT2D eigenvalue weighted by molar-refractivity contribution is 0.260. The largest absolute Gasteiger partial charge is 0.396 e. The van der Waals surface area contributed by atoms with Crippen LogP contribution in [0.5, 0.6) is 0 Å². The minimum Gasteiger partial charge on any atom is -0.396 e. The number of aromatic nitrogens is 2. The maximum absolute atomic E-state index is 8.91. The second-order valence-corrected chi connectivity index (χ2v) is 4.24. The Kier molecular flexibility index (Phi) is 3.47. The molecule has 0 aliphatic carbocycles. The molecule has 0 bridgehead atoms. The van der Waals surface area contributed by atoms with Crippen LogP contribution in [0, 0.1) is 6.92 Å². The van der Waals surface area contributed by atoms with E-state index >= 15 is 0 Å². The predicted molar refractivity (Wildman–Crippen MR) is 60.6 cm³/mol. The second kappa shape index (κ2) is 4.44. The third kappa shape index (κ3) is 3.36. The van der Waals surface area contributed by atoms with Crippen LogP contribution in [0.4, 0.5) is 11.8 Å². The van der Waals surface area contributed by atoms with Crippen molar-refractivity contribution in [3.05, 3.63) is 11.8 Å². The molecule has 4 N–H and O–H groups in total. The van der Waals surface area contributed by atoms with Crippen molar-refractivity contribution in [2.75, 3.05) is 17.7 Å². The van der Waals surface area contributed by atoms with Gasteiger partial charge in [0.25, 0.3) is 0 Å². The fraction of sp³-hybridized carbons (Fsp3) is 0.600. The molecule has 0 saturated carbocycles. The Morgan fingerprint density at radius 1 is 1.53 bits per heavy atom. The molecule has 0 aliphatic rings. The molecule has 1 aromatic rings. The van der Waals surface area contributed by atoms with Gasteiger partial charge in [-0.15, -0.1) is 0 Å². The van der Waals surface area contributed by atoms with Crippen molar-refractivity contribution in [3.63, 3.8) is 0 Å². The highest BCUT2D eigenvalue weighted by atomic mass is 16.3. The Morgan fingerprint density at radius 2 is 2.20 bits per heavy atom. The zero-order valence-corrected chi connectivity index (χ0v) is 9.41. The van der Waals surface area contributed by atoms with Gasteiger partial charge in [0.2, 0.25) is 5.95 Å². The van der Waals surface area contributed by atoms with Crippen LogP contribution < -0.4 is 11.1 Å². The first kappa shape index (κ1) is 11.7. The average molecular weight is 210 g/mol. The Labute approximate surface area is 89.7 Å². The summed E-state index contributed by atoms with van der Waals surface area (Å²) in [5, 5.41) is 12.1. The van der Waals surface area contributed by atoms with Crippen LogP contribution in [0.15, 0.2) is 6.20 Å². The molecule has 0 atom stereocenters. The SMILES string of the molecule is Cc1cnc(N)nc1NC(C)(C)CCO. The number of hydrogen-bond acceptors (Lipinski definition) is 5. The molecular formula is C10H18N4O. The molecule has 84 valence electrons. The van der Waals surface area contributed by atoms with E-state index in [-0.39, 0.29) is 18.1 Å². The zero-order chi connectivity index (χ0) is 11.5. The molecule has 0 spiro atoms. The minimum absolute atomic E-state index is 0.139. The molecule has 0 aromatic carbocycles.